The highest BCUT2D eigenvalue weighted by Crippen LogP contribution is 2.09. The van der Waals surface area contributed by atoms with E-state index >= 15 is 0 Å². The molecule has 1 aromatic heterocycles. The van der Waals surface area contributed by atoms with Gasteiger partial charge < -0.3 is 10.4 Å². The number of hydrogen-bond donors (Lipinski definition) is 2. The Hall–Kier alpha value is -0.450. The third-order valence-electron chi connectivity index (χ3n) is 2.33. The first-order chi connectivity index (χ1) is 7.26. The molecule has 0 amide bonds. The van der Waals surface area contributed by atoms with Gasteiger partial charge in [-0.3, -0.25) is 0 Å². The molecule has 1 unspecified atom stereocenters. The first kappa shape index (κ1) is 12.6. The zero-order chi connectivity index (χ0) is 11.1. The standard InChI is InChI=1S/C11H20N2OS/c1-3-10(14)5-6-12-7-9-8-15-11(4-2)13-9/h8,10,12,14H,3-7H2,1-2H3. The van der Waals surface area contributed by atoms with Crippen LogP contribution in [-0.4, -0.2) is 22.7 Å². The molecule has 0 aliphatic rings. The average molecular weight is 228 g/mol. The Bertz CT molecular complexity index is 275. The Morgan fingerprint density at radius 2 is 2.33 bits per heavy atom. The van der Waals surface area contributed by atoms with Gasteiger partial charge in [0.1, 0.15) is 0 Å². The maximum atomic E-state index is 9.34. The zero-order valence-electron chi connectivity index (χ0n) is 9.49. The van der Waals surface area contributed by atoms with Gasteiger partial charge in [0.05, 0.1) is 16.8 Å². The van der Waals surface area contributed by atoms with Crippen molar-refractivity contribution in [2.24, 2.45) is 0 Å². The molecule has 3 nitrogen and oxygen atoms in total. The third kappa shape index (κ3) is 4.73. The van der Waals surface area contributed by atoms with Crippen molar-refractivity contribution >= 4 is 11.3 Å². The topological polar surface area (TPSA) is 45.2 Å². The van der Waals surface area contributed by atoms with Gasteiger partial charge in [-0.2, -0.15) is 0 Å². The summed E-state index contributed by atoms with van der Waals surface area (Å²) in [5.41, 5.74) is 1.11. The molecule has 0 fully saturated rings. The van der Waals surface area contributed by atoms with Gasteiger partial charge in [0.2, 0.25) is 0 Å². The van der Waals surface area contributed by atoms with E-state index in [1.54, 1.807) is 11.3 Å². The fourth-order valence-electron chi connectivity index (χ4n) is 1.28. The highest BCUT2D eigenvalue weighted by atomic mass is 32.1. The second-order valence-electron chi connectivity index (χ2n) is 3.61. The van der Waals surface area contributed by atoms with Crippen LogP contribution in [0.25, 0.3) is 0 Å². The fraction of sp³-hybridized carbons (Fsp3) is 0.727. The summed E-state index contributed by atoms with van der Waals surface area (Å²) in [6.07, 6.45) is 2.50. The predicted molar refractivity (Wildman–Crippen MR) is 64.1 cm³/mol. The number of aliphatic hydroxyl groups is 1. The molecular formula is C11H20N2OS. The van der Waals surface area contributed by atoms with Crippen LogP contribution in [0.2, 0.25) is 0 Å². The van der Waals surface area contributed by atoms with Crippen LogP contribution in [-0.2, 0) is 13.0 Å². The lowest BCUT2D eigenvalue weighted by molar-refractivity contribution is 0.159. The van der Waals surface area contributed by atoms with E-state index in [9.17, 15) is 5.11 Å². The lowest BCUT2D eigenvalue weighted by Gasteiger charge is -2.07. The van der Waals surface area contributed by atoms with Crippen LogP contribution in [0.1, 0.15) is 37.4 Å². The Morgan fingerprint density at radius 1 is 1.53 bits per heavy atom. The van der Waals surface area contributed by atoms with Crippen LogP contribution < -0.4 is 5.32 Å². The molecule has 0 aliphatic carbocycles. The molecule has 1 atom stereocenters. The molecule has 0 saturated carbocycles. The molecule has 86 valence electrons. The van der Waals surface area contributed by atoms with Crippen LogP contribution >= 0.6 is 11.3 Å². The van der Waals surface area contributed by atoms with Crippen LogP contribution in [0.4, 0.5) is 0 Å². The molecule has 0 bridgehead atoms. The van der Waals surface area contributed by atoms with Crippen LogP contribution in [0.5, 0.6) is 0 Å². The predicted octanol–water partition coefficient (Wildman–Crippen LogP) is 1.96. The van der Waals surface area contributed by atoms with Crippen LogP contribution in [0, 0.1) is 0 Å². The first-order valence-electron chi connectivity index (χ1n) is 5.58. The normalized spacial score (nSPS) is 13.0. The van der Waals surface area contributed by atoms with Gasteiger partial charge in [0.15, 0.2) is 0 Å². The van der Waals surface area contributed by atoms with Gasteiger partial charge in [-0.25, -0.2) is 4.98 Å². The fourth-order valence-corrected chi connectivity index (χ4v) is 2.03. The number of rotatable bonds is 7. The maximum Gasteiger partial charge on any atom is 0.0926 e. The first-order valence-corrected chi connectivity index (χ1v) is 6.46. The number of aliphatic hydroxyl groups excluding tert-OH is 1. The molecule has 1 aromatic rings. The summed E-state index contributed by atoms with van der Waals surface area (Å²) in [6, 6.07) is 0. The Labute approximate surface area is 95.6 Å². The summed E-state index contributed by atoms with van der Waals surface area (Å²) in [5.74, 6) is 0. The Balaban J connectivity index is 2.14. The Kier molecular flexibility index (Phi) is 5.83. The molecule has 0 radical (unpaired) electrons. The maximum absolute atomic E-state index is 9.34. The number of thiazole rings is 1. The average Bonchev–Trinajstić information content (AvgIpc) is 2.72. The van der Waals surface area contributed by atoms with Crippen molar-refractivity contribution in [1.29, 1.82) is 0 Å². The zero-order valence-corrected chi connectivity index (χ0v) is 10.3. The highest BCUT2D eigenvalue weighted by molar-refractivity contribution is 7.09. The summed E-state index contributed by atoms with van der Waals surface area (Å²) in [4.78, 5) is 4.46. The number of hydrogen-bond acceptors (Lipinski definition) is 4. The summed E-state index contributed by atoms with van der Waals surface area (Å²) >= 11 is 1.72. The SMILES string of the molecule is CCc1nc(CNCCC(O)CC)cs1. The minimum absolute atomic E-state index is 0.167. The number of aryl methyl sites for hydroxylation is 1. The quantitative estimate of drug-likeness (QED) is 0.701. The summed E-state index contributed by atoms with van der Waals surface area (Å²) in [5, 5.41) is 15.9. The molecular weight excluding hydrogens is 208 g/mol. The van der Waals surface area contributed by atoms with Crippen molar-refractivity contribution in [1.82, 2.24) is 10.3 Å². The lowest BCUT2D eigenvalue weighted by atomic mass is 10.2. The largest absolute Gasteiger partial charge is 0.393 e. The number of aromatic nitrogens is 1. The van der Waals surface area contributed by atoms with Crippen molar-refractivity contribution in [3.63, 3.8) is 0 Å². The van der Waals surface area contributed by atoms with Crippen LogP contribution in [0.15, 0.2) is 5.38 Å². The van der Waals surface area contributed by atoms with Crippen molar-refractivity contribution in [3.05, 3.63) is 16.1 Å². The summed E-state index contributed by atoms with van der Waals surface area (Å²) in [6.45, 7) is 5.78. The summed E-state index contributed by atoms with van der Waals surface area (Å²) in [7, 11) is 0. The number of nitrogens with zero attached hydrogens (tertiary/aromatic N) is 1. The summed E-state index contributed by atoms with van der Waals surface area (Å²) < 4.78 is 0. The monoisotopic (exact) mass is 228 g/mol. The van der Waals surface area contributed by atoms with Gasteiger partial charge in [0, 0.05) is 11.9 Å². The van der Waals surface area contributed by atoms with E-state index < -0.39 is 0 Å². The lowest BCUT2D eigenvalue weighted by Crippen LogP contribution is -2.19. The van der Waals surface area contributed by atoms with E-state index in [4.69, 9.17) is 0 Å². The molecule has 0 saturated heterocycles. The second-order valence-corrected chi connectivity index (χ2v) is 4.56. The van der Waals surface area contributed by atoms with Crippen molar-refractivity contribution in [3.8, 4) is 0 Å². The van der Waals surface area contributed by atoms with Gasteiger partial charge in [-0.15, -0.1) is 11.3 Å². The Morgan fingerprint density at radius 3 is 2.93 bits per heavy atom. The van der Waals surface area contributed by atoms with Crippen molar-refractivity contribution in [2.45, 2.75) is 45.8 Å². The van der Waals surface area contributed by atoms with Crippen LogP contribution in [0.3, 0.4) is 0 Å². The second kappa shape index (κ2) is 6.93. The minimum atomic E-state index is -0.167. The third-order valence-corrected chi connectivity index (χ3v) is 3.38. The van der Waals surface area contributed by atoms with E-state index in [2.05, 4.69) is 22.6 Å². The molecule has 0 spiro atoms. The highest BCUT2D eigenvalue weighted by Gasteiger charge is 2.01. The van der Waals surface area contributed by atoms with Gasteiger partial charge in [-0.1, -0.05) is 13.8 Å². The molecule has 2 N–H and O–H groups in total. The molecule has 0 aliphatic heterocycles. The van der Waals surface area contributed by atoms with E-state index in [0.717, 1.165) is 38.0 Å². The van der Waals surface area contributed by atoms with E-state index in [0.29, 0.717) is 0 Å². The molecule has 4 heteroatoms. The van der Waals surface area contributed by atoms with E-state index in [1.165, 1.54) is 5.01 Å². The van der Waals surface area contributed by atoms with E-state index in [1.807, 2.05) is 6.92 Å². The van der Waals surface area contributed by atoms with Crippen molar-refractivity contribution < 1.29 is 5.11 Å². The minimum Gasteiger partial charge on any atom is -0.393 e. The molecule has 15 heavy (non-hydrogen) atoms. The van der Waals surface area contributed by atoms with Crippen molar-refractivity contribution in [2.75, 3.05) is 6.54 Å². The van der Waals surface area contributed by atoms with Gasteiger partial charge in [-0.05, 0) is 25.8 Å². The molecule has 1 rings (SSSR count). The smallest absolute Gasteiger partial charge is 0.0926 e. The van der Waals surface area contributed by atoms with Gasteiger partial charge >= 0.3 is 0 Å². The molecule has 1 heterocycles. The van der Waals surface area contributed by atoms with Gasteiger partial charge in [0.25, 0.3) is 0 Å². The number of nitrogens with one attached hydrogen (secondary N) is 1. The van der Waals surface area contributed by atoms with E-state index in [-0.39, 0.29) is 6.10 Å². The molecule has 0 aromatic carbocycles.